The number of hydrogen-bond acceptors (Lipinski definition) is 2. The Labute approximate surface area is 101 Å². The van der Waals surface area contributed by atoms with Crippen LogP contribution in [0.5, 0.6) is 0 Å². The van der Waals surface area contributed by atoms with Crippen LogP contribution >= 0.6 is 11.6 Å². The number of carboxylic acids is 1. The van der Waals surface area contributed by atoms with Crippen LogP contribution in [-0.2, 0) is 9.59 Å². The highest BCUT2D eigenvalue weighted by Gasteiger charge is 2.27. The first-order chi connectivity index (χ1) is 7.27. The Kier molecular flexibility index (Phi) is 6.41. The van der Waals surface area contributed by atoms with Gasteiger partial charge in [0, 0.05) is 18.8 Å². The van der Waals surface area contributed by atoms with E-state index in [-0.39, 0.29) is 36.0 Å². The van der Waals surface area contributed by atoms with Crippen molar-refractivity contribution in [3.63, 3.8) is 0 Å². The SMILES string of the molecule is CC(C)(C)C(CNC(=O)CCCl)CC(=O)O. The van der Waals surface area contributed by atoms with Crippen molar-refractivity contribution in [2.24, 2.45) is 11.3 Å². The minimum atomic E-state index is -0.841. The standard InChI is InChI=1S/C11H20ClNO3/c1-11(2,3)8(6-10(15)16)7-13-9(14)4-5-12/h8H,4-7H2,1-3H3,(H,13,14)(H,15,16). The molecule has 0 bridgehead atoms. The lowest BCUT2D eigenvalue weighted by Crippen LogP contribution is -2.36. The van der Waals surface area contributed by atoms with E-state index < -0.39 is 5.97 Å². The van der Waals surface area contributed by atoms with Crippen molar-refractivity contribution in [1.82, 2.24) is 5.32 Å². The summed E-state index contributed by atoms with van der Waals surface area (Å²) in [4.78, 5) is 21.9. The largest absolute Gasteiger partial charge is 0.481 e. The Morgan fingerprint density at radius 2 is 1.94 bits per heavy atom. The van der Waals surface area contributed by atoms with Gasteiger partial charge in [-0.25, -0.2) is 0 Å². The van der Waals surface area contributed by atoms with Crippen LogP contribution in [0.1, 0.15) is 33.6 Å². The summed E-state index contributed by atoms with van der Waals surface area (Å²) in [5.74, 6) is -0.768. The zero-order valence-corrected chi connectivity index (χ0v) is 10.8. The van der Waals surface area contributed by atoms with Crippen LogP contribution in [0.3, 0.4) is 0 Å². The number of halogens is 1. The molecule has 0 aliphatic rings. The molecule has 0 heterocycles. The van der Waals surface area contributed by atoms with Crippen molar-refractivity contribution in [2.75, 3.05) is 12.4 Å². The molecule has 2 N–H and O–H groups in total. The number of nitrogens with one attached hydrogen (secondary N) is 1. The number of amides is 1. The van der Waals surface area contributed by atoms with Gasteiger partial charge in [-0.05, 0) is 11.3 Å². The van der Waals surface area contributed by atoms with Gasteiger partial charge in [-0.3, -0.25) is 9.59 Å². The van der Waals surface area contributed by atoms with Gasteiger partial charge in [0.25, 0.3) is 0 Å². The van der Waals surface area contributed by atoms with E-state index in [4.69, 9.17) is 16.7 Å². The highest BCUT2D eigenvalue weighted by Crippen LogP contribution is 2.28. The molecule has 1 atom stereocenters. The lowest BCUT2D eigenvalue weighted by atomic mass is 9.78. The monoisotopic (exact) mass is 249 g/mol. The van der Waals surface area contributed by atoms with Gasteiger partial charge in [0.05, 0.1) is 6.42 Å². The summed E-state index contributed by atoms with van der Waals surface area (Å²) in [5.41, 5.74) is -0.146. The lowest BCUT2D eigenvalue weighted by Gasteiger charge is -2.29. The summed E-state index contributed by atoms with van der Waals surface area (Å²) in [7, 11) is 0. The van der Waals surface area contributed by atoms with E-state index in [0.29, 0.717) is 6.54 Å². The molecule has 5 heteroatoms. The molecule has 4 nitrogen and oxygen atoms in total. The topological polar surface area (TPSA) is 66.4 Å². The Morgan fingerprint density at radius 3 is 2.31 bits per heavy atom. The van der Waals surface area contributed by atoms with Crippen LogP contribution in [0, 0.1) is 11.3 Å². The molecule has 0 aliphatic carbocycles. The van der Waals surface area contributed by atoms with Gasteiger partial charge >= 0.3 is 5.97 Å². The van der Waals surface area contributed by atoms with Gasteiger partial charge in [0.1, 0.15) is 0 Å². The fourth-order valence-corrected chi connectivity index (χ4v) is 1.48. The molecule has 0 saturated heterocycles. The summed E-state index contributed by atoms with van der Waals surface area (Å²) in [6.07, 6.45) is 0.330. The first kappa shape index (κ1) is 15.2. The van der Waals surface area contributed by atoms with Crippen molar-refractivity contribution >= 4 is 23.5 Å². The molecule has 0 rings (SSSR count). The van der Waals surface area contributed by atoms with Gasteiger partial charge in [0.15, 0.2) is 0 Å². The van der Waals surface area contributed by atoms with Gasteiger partial charge in [-0.2, -0.15) is 0 Å². The minimum Gasteiger partial charge on any atom is -0.481 e. The third-order valence-corrected chi connectivity index (χ3v) is 2.70. The number of carboxylic acid groups (broad SMARTS) is 1. The summed E-state index contributed by atoms with van der Waals surface area (Å²) in [6, 6.07) is 0. The maximum Gasteiger partial charge on any atom is 0.303 e. The molecule has 0 aromatic carbocycles. The number of aliphatic carboxylic acids is 1. The second kappa shape index (κ2) is 6.74. The van der Waals surface area contributed by atoms with Gasteiger partial charge < -0.3 is 10.4 Å². The number of carbonyl (C=O) groups is 2. The molecule has 1 unspecified atom stereocenters. The Morgan fingerprint density at radius 1 is 1.38 bits per heavy atom. The average molecular weight is 250 g/mol. The predicted molar refractivity (Wildman–Crippen MR) is 63.5 cm³/mol. The zero-order valence-electron chi connectivity index (χ0n) is 10.0. The molecular formula is C11H20ClNO3. The van der Waals surface area contributed by atoms with Crippen molar-refractivity contribution < 1.29 is 14.7 Å². The van der Waals surface area contributed by atoms with Crippen LogP contribution in [0.25, 0.3) is 0 Å². The maximum atomic E-state index is 11.2. The minimum absolute atomic E-state index is 0.0602. The normalized spacial score (nSPS) is 13.2. The van der Waals surface area contributed by atoms with Crippen molar-refractivity contribution in [3.8, 4) is 0 Å². The van der Waals surface area contributed by atoms with Crippen molar-refractivity contribution in [1.29, 1.82) is 0 Å². The second-order valence-corrected chi connectivity index (χ2v) is 5.28. The van der Waals surface area contributed by atoms with Crippen LogP contribution in [0.15, 0.2) is 0 Å². The van der Waals surface area contributed by atoms with Crippen LogP contribution < -0.4 is 5.32 Å². The molecule has 0 radical (unpaired) electrons. The van der Waals surface area contributed by atoms with E-state index in [0.717, 1.165) is 0 Å². The third-order valence-electron chi connectivity index (χ3n) is 2.51. The van der Waals surface area contributed by atoms with Gasteiger partial charge in [0.2, 0.25) is 5.91 Å². The summed E-state index contributed by atoms with van der Waals surface area (Å²) >= 11 is 5.43. The molecule has 16 heavy (non-hydrogen) atoms. The average Bonchev–Trinajstić information content (AvgIpc) is 2.10. The number of rotatable bonds is 6. The Balaban J connectivity index is 4.23. The van der Waals surface area contributed by atoms with Crippen molar-refractivity contribution in [2.45, 2.75) is 33.6 Å². The molecule has 0 aromatic heterocycles. The maximum absolute atomic E-state index is 11.2. The van der Waals surface area contributed by atoms with Crippen molar-refractivity contribution in [3.05, 3.63) is 0 Å². The van der Waals surface area contributed by atoms with E-state index in [2.05, 4.69) is 5.32 Å². The quantitative estimate of drug-likeness (QED) is 0.707. The van der Waals surface area contributed by atoms with E-state index in [9.17, 15) is 9.59 Å². The second-order valence-electron chi connectivity index (χ2n) is 4.90. The molecule has 0 spiro atoms. The molecule has 0 aliphatic heterocycles. The lowest BCUT2D eigenvalue weighted by molar-refractivity contribution is -0.139. The van der Waals surface area contributed by atoms with Gasteiger partial charge in [-0.15, -0.1) is 11.6 Å². The van der Waals surface area contributed by atoms with E-state index in [1.165, 1.54) is 0 Å². The van der Waals surface area contributed by atoms with Crippen LogP contribution in [-0.4, -0.2) is 29.4 Å². The molecule has 94 valence electrons. The van der Waals surface area contributed by atoms with E-state index in [1.54, 1.807) is 0 Å². The van der Waals surface area contributed by atoms with Crippen LogP contribution in [0.4, 0.5) is 0 Å². The Hall–Kier alpha value is -0.770. The Bertz CT molecular complexity index is 248. The first-order valence-corrected chi connectivity index (χ1v) is 5.85. The third kappa shape index (κ3) is 6.67. The first-order valence-electron chi connectivity index (χ1n) is 5.31. The molecule has 0 fully saturated rings. The fourth-order valence-electron chi connectivity index (χ4n) is 1.31. The van der Waals surface area contributed by atoms with Gasteiger partial charge in [-0.1, -0.05) is 20.8 Å². The zero-order chi connectivity index (χ0) is 12.8. The number of alkyl halides is 1. The summed E-state index contributed by atoms with van der Waals surface area (Å²) in [5, 5.41) is 11.5. The molecular weight excluding hydrogens is 230 g/mol. The molecule has 1 amide bonds. The molecule has 0 saturated carbocycles. The van der Waals surface area contributed by atoms with E-state index >= 15 is 0 Å². The highest BCUT2D eigenvalue weighted by atomic mass is 35.5. The number of carbonyl (C=O) groups excluding carboxylic acids is 1. The molecule has 0 aromatic rings. The van der Waals surface area contributed by atoms with Crippen LogP contribution in [0.2, 0.25) is 0 Å². The summed E-state index contributed by atoms with van der Waals surface area (Å²) < 4.78 is 0. The predicted octanol–water partition coefficient (Wildman–Crippen LogP) is 1.87. The number of hydrogen-bond donors (Lipinski definition) is 2. The highest BCUT2D eigenvalue weighted by molar-refractivity contribution is 6.18. The fraction of sp³-hybridized carbons (Fsp3) is 0.818. The van der Waals surface area contributed by atoms with E-state index in [1.807, 2.05) is 20.8 Å². The summed E-state index contributed by atoms with van der Waals surface area (Å²) in [6.45, 7) is 6.28. The smallest absolute Gasteiger partial charge is 0.303 e.